The van der Waals surface area contributed by atoms with Crippen LogP contribution in [0, 0.1) is 0 Å². The normalized spacial score (nSPS) is 10.7. The number of methoxy groups -OCH3 is 1. The van der Waals surface area contributed by atoms with E-state index in [2.05, 4.69) is 25.0 Å². The number of imidazole rings is 1. The molecule has 0 saturated heterocycles. The van der Waals surface area contributed by atoms with Crippen molar-refractivity contribution in [2.24, 2.45) is 0 Å². The highest BCUT2D eigenvalue weighted by atomic mass is 35.5. The lowest BCUT2D eigenvalue weighted by molar-refractivity contribution is -0.117. The molecule has 0 aliphatic carbocycles. The van der Waals surface area contributed by atoms with Gasteiger partial charge in [0.2, 0.25) is 0 Å². The number of carbonyl (C=O) groups is 2. The third-order valence-electron chi connectivity index (χ3n) is 3.78. The van der Waals surface area contributed by atoms with Crippen molar-refractivity contribution in [1.29, 1.82) is 0 Å². The van der Waals surface area contributed by atoms with Crippen LogP contribution in [0.2, 0.25) is 5.15 Å². The summed E-state index contributed by atoms with van der Waals surface area (Å²) in [6, 6.07) is 6.73. The van der Waals surface area contributed by atoms with Crippen molar-refractivity contribution in [2.75, 3.05) is 19.0 Å². The number of esters is 1. The van der Waals surface area contributed by atoms with E-state index in [-0.39, 0.29) is 17.5 Å². The highest BCUT2D eigenvalue weighted by molar-refractivity contribution is 6.33. The Morgan fingerprint density at radius 3 is 2.69 bits per heavy atom. The molecule has 0 atom stereocenters. The second kappa shape index (κ2) is 7.92. The predicted molar refractivity (Wildman–Crippen MR) is 96.2 cm³/mol. The van der Waals surface area contributed by atoms with Crippen molar-refractivity contribution in [2.45, 2.75) is 13.0 Å². The zero-order valence-electron chi connectivity index (χ0n) is 14.0. The van der Waals surface area contributed by atoms with Crippen LogP contribution in [0.5, 0.6) is 0 Å². The molecule has 0 amide bonds. The number of Topliss-reactive ketones (excluding diaryl/α,β-unsaturated/α-hetero) is 1. The van der Waals surface area contributed by atoms with E-state index >= 15 is 0 Å². The van der Waals surface area contributed by atoms with E-state index in [9.17, 15) is 9.59 Å². The summed E-state index contributed by atoms with van der Waals surface area (Å²) in [4.78, 5) is 35.7. The zero-order valence-corrected chi connectivity index (χ0v) is 14.7. The molecule has 26 heavy (non-hydrogen) atoms. The summed E-state index contributed by atoms with van der Waals surface area (Å²) in [5, 5.41) is 3.32. The minimum Gasteiger partial charge on any atom is -0.465 e. The summed E-state index contributed by atoms with van der Waals surface area (Å²) in [6.45, 7) is 0.631. The van der Waals surface area contributed by atoms with E-state index in [1.54, 1.807) is 35.2 Å². The first-order chi connectivity index (χ1) is 12.6. The van der Waals surface area contributed by atoms with Crippen LogP contribution < -0.4 is 5.32 Å². The van der Waals surface area contributed by atoms with Crippen LogP contribution in [0.1, 0.15) is 16.8 Å². The number of benzene rings is 1. The number of nitrogens with zero attached hydrogens (tertiary/aromatic N) is 4. The predicted octanol–water partition coefficient (Wildman–Crippen LogP) is 2.34. The Hall–Kier alpha value is -3.00. The number of hydrogen-bond donors (Lipinski definition) is 1. The Morgan fingerprint density at radius 1 is 1.19 bits per heavy atom. The second-order valence-corrected chi connectivity index (χ2v) is 5.84. The van der Waals surface area contributed by atoms with Gasteiger partial charge < -0.3 is 14.6 Å². The van der Waals surface area contributed by atoms with Gasteiger partial charge in [0, 0.05) is 18.7 Å². The van der Waals surface area contributed by atoms with Gasteiger partial charge in [-0.25, -0.2) is 19.7 Å². The van der Waals surface area contributed by atoms with Gasteiger partial charge in [0.25, 0.3) is 0 Å². The monoisotopic (exact) mass is 373 g/mol. The molecule has 0 bridgehead atoms. The molecule has 2 aromatic heterocycles. The van der Waals surface area contributed by atoms with E-state index in [0.717, 1.165) is 5.69 Å². The molecule has 1 aromatic carbocycles. The van der Waals surface area contributed by atoms with E-state index in [1.807, 2.05) is 0 Å². The molecule has 0 aliphatic rings. The lowest BCUT2D eigenvalue weighted by Gasteiger charge is -2.07. The Bertz CT molecular complexity index is 939. The van der Waals surface area contributed by atoms with Gasteiger partial charge in [-0.3, -0.25) is 4.79 Å². The molecular formula is C17H16ClN5O3. The fraction of sp³-hybridized carbons (Fsp3) is 0.235. The van der Waals surface area contributed by atoms with Crippen LogP contribution in [-0.2, 0) is 16.1 Å². The summed E-state index contributed by atoms with van der Waals surface area (Å²) in [6.07, 6.45) is 3.28. The molecule has 0 fully saturated rings. The number of rotatable bonds is 7. The number of anilines is 1. The zero-order chi connectivity index (χ0) is 18.5. The first-order valence-electron chi connectivity index (χ1n) is 7.84. The number of hydrogen-bond acceptors (Lipinski definition) is 7. The fourth-order valence-electron chi connectivity index (χ4n) is 2.39. The highest BCUT2D eigenvalue weighted by Gasteiger charge is 2.10. The molecule has 8 nitrogen and oxygen atoms in total. The van der Waals surface area contributed by atoms with Gasteiger partial charge in [-0.2, -0.15) is 0 Å². The third kappa shape index (κ3) is 3.97. The van der Waals surface area contributed by atoms with Crippen molar-refractivity contribution < 1.29 is 14.3 Å². The summed E-state index contributed by atoms with van der Waals surface area (Å²) in [5.74, 6) is -0.367. The summed E-state index contributed by atoms with van der Waals surface area (Å²) in [7, 11) is 1.33. The summed E-state index contributed by atoms with van der Waals surface area (Å²) >= 11 is 5.96. The lowest BCUT2D eigenvalue weighted by Crippen LogP contribution is -2.16. The molecule has 2 heterocycles. The third-order valence-corrected chi connectivity index (χ3v) is 4.06. The Morgan fingerprint density at radius 2 is 1.96 bits per heavy atom. The SMILES string of the molecule is COC(=O)c1ccc(NCC(=O)CCn2cnc3c(Cl)ncnc32)cc1. The maximum absolute atomic E-state index is 12.1. The molecule has 9 heteroatoms. The topological polar surface area (TPSA) is 99.0 Å². The van der Waals surface area contributed by atoms with E-state index in [4.69, 9.17) is 11.6 Å². The van der Waals surface area contributed by atoms with Gasteiger partial charge in [-0.15, -0.1) is 0 Å². The smallest absolute Gasteiger partial charge is 0.337 e. The second-order valence-electron chi connectivity index (χ2n) is 5.49. The lowest BCUT2D eigenvalue weighted by atomic mass is 10.2. The minimum atomic E-state index is -0.399. The molecule has 1 N–H and O–H groups in total. The van der Waals surface area contributed by atoms with E-state index in [0.29, 0.717) is 29.7 Å². The fourth-order valence-corrected chi connectivity index (χ4v) is 2.57. The van der Waals surface area contributed by atoms with Gasteiger partial charge in [-0.1, -0.05) is 11.6 Å². The van der Waals surface area contributed by atoms with Crippen molar-refractivity contribution in [3.8, 4) is 0 Å². The van der Waals surface area contributed by atoms with Crippen LogP contribution in [0.25, 0.3) is 11.2 Å². The summed E-state index contributed by atoms with van der Waals surface area (Å²) in [5.41, 5.74) is 2.32. The maximum atomic E-state index is 12.1. The van der Waals surface area contributed by atoms with Gasteiger partial charge in [-0.05, 0) is 24.3 Å². The number of aryl methyl sites for hydroxylation is 1. The molecular weight excluding hydrogens is 358 g/mol. The number of carbonyl (C=O) groups excluding carboxylic acids is 2. The number of ether oxygens (including phenoxy) is 1. The quantitative estimate of drug-likeness (QED) is 0.501. The van der Waals surface area contributed by atoms with Gasteiger partial charge in [0.15, 0.2) is 16.6 Å². The number of nitrogens with one attached hydrogen (secondary N) is 1. The Kier molecular flexibility index (Phi) is 5.43. The molecule has 0 unspecified atom stereocenters. The Balaban J connectivity index is 1.52. The van der Waals surface area contributed by atoms with Crippen molar-refractivity contribution in [3.05, 3.63) is 47.6 Å². The van der Waals surface area contributed by atoms with Crippen LogP contribution in [0.3, 0.4) is 0 Å². The minimum absolute atomic E-state index is 0.0315. The van der Waals surface area contributed by atoms with Gasteiger partial charge >= 0.3 is 5.97 Å². The molecule has 3 rings (SSSR count). The van der Waals surface area contributed by atoms with Crippen molar-refractivity contribution >= 4 is 40.2 Å². The number of fused-ring (bicyclic) bond motifs is 1. The number of ketones is 1. The van der Waals surface area contributed by atoms with Crippen LogP contribution >= 0.6 is 11.6 Å². The average Bonchev–Trinajstić information content (AvgIpc) is 3.09. The summed E-state index contributed by atoms with van der Waals surface area (Å²) < 4.78 is 6.41. The van der Waals surface area contributed by atoms with E-state index in [1.165, 1.54) is 13.4 Å². The number of aromatic nitrogens is 4. The Labute approximate surface area is 154 Å². The van der Waals surface area contributed by atoms with Crippen molar-refractivity contribution in [3.63, 3.8) is 0 Å². The highest BCUT2D eigenvalue weighted by Crippen LogP contribution is 2.17. The standard InChI is InChI=1S/C17H16ClN5O3/c1-26-17(25)11-2-4-12(5-3-11)19-8-13(24)6-7-23-10-22-14-15(18)20-9-21-16(14)23/h2-5,9-10,19H,6-8H2,1H3. The molecule has 0 aliphatic heterocycles. The van der Waals surface area contributed by atoms with Crippen LogP contribution in [0.4, 0.5) is 5.69 Å². The van der Waals surface area contributed by atoms with Crippen LogP contribution in [-0.4, -0.2) is 44.9 Å². The van der Waals surface area contributed by atoms with Gasteiger partial charge in [0.1, 0.15) is 11.8 Å². The largest absolute Gasteiger partial charge is 0.465 e. The van der Waals surface area contributed by atoms with E-state index < -0.39 is 5.97 Å². The van der Waals surface area contributed by atoms with Crippen molar-refractivity contribution in [1.82, 2.24) is 19.5 Å². The molecule has 0 radical (unpaired) electrons. The average molecular weight is 374 g/mol. The number of halogens is 1. The first kappa shape index (κ1) is 17.8. The molecule has 134 valence electrons. The van der Waals surface area contributed by atoms with Crippen LogP contribution in [0.15, 0.2) is 36.9 Å². The first-order valence-corrected chi connectivity index (χ1v) is 8.21. The maximum Gasteiger partial charge on any atom is 0.337 e. The molecule has 0 saturated carbocycles. The molecule has 3 aromatic rings. The van der Waals surface area contributed by atoms with Gasteiger partial charge in [0.05, 0.1) is 25.5 Å². The molecule has 0 spiro atoms.